The number of hydrogen-bond donors (Lipinski definition) is 1. The van der Waals surface area contributed by atoms with E-state index in [2.05, 4.69) is 6.92 Å². The zero-order valence-electron chi connectivity index (χ0n) is 12.2. The first kappa shape index (κ1) is 15.0. The molecule has 2 N–H and O–H groups in total. The largest absolute Gasteiger partial charge is 0.339 e. The monoisotopic (exact) mass is 278 g/mol. The van der Waals surface area contributed by atoms with Gasteiger partial charge in [-0.25, -0.2) is 4.39 Å². The molecule has 0 saturated carbocycles. The minimum Gasteiger partial charge on any atom is -0.339 e. The maximum Gasteiger partial charge on any atom is 0.222 e. The molecule has 3 unspecified atom stereocenters. The quantitative estimate of drug-likeness (QED) is 0.920. The van der Waals surface area contributed by atoms with Crippen molar-refractivity contribution in [3.8, 4) is 0 Å². The molecular formula is C16H23FN2O. The van der Waals surface area contributed by atoms with E-state index >= 15 is 0 Å². The molecule has 1 aromatic carbocycles. The van der Waals surface area contributed by atoms with Gasteiger partial charge in [0.05, 0.1) is 0 Å². The highest BCUT2D eigenvalue weighted by Crippen LogP contribution is 2.32. The molecule has 4 heteroatoms. The Morgan fingerprint density at radius 1 is 1.45 bits per heavy atom. The molecule has 0 spiro atoms. The van der Waals surface area contributed by atoms with Crippen LogP contribution in [-0.2, 0) is 4.79 Å². The van der Waals surface area contributed by atoms with Crippen LogP contribution in [0.1, 0.15) is 44.6 Å². The van der Waals surface area contributed by atoms with E-state index in [9.17, 15) is 9.18 Å². The van der Waals surface area contributed by atoms with Crippen LogP contribution in [0.5, 0.6) is 0 Å². The first-order chi connectivity index (χ1) is 9.47. The van der Waals surface area contributed by atoms with Gasteiger partial charge < -0.3 is 10.6 Å². The number of halogens is 1. The Morgan fingerprint density at radius 3 is 2.70 bits per heavy atom. The van der Waals surface area contributed by atoms with Gasteiger partial charge in [-0.1, -0.05) is 12.1 Å². The predicted molar refractivity (Wildman–Crippen MR) is 77.8 cm³/mol. The van der Waals surface area contributed by atoms with Crippen molar-refractivity contribution in [3.05, 3.63) is 35.6 Å². The van der Waals surface area contributed by atoms with E-state index in [1.807, 2.05) is 24.0 Å². The molecule has 1 amide bonds. The van der Waals surface area contributed by atoms with Crippen LogP contribution in [0.15, 0.2) is 24.3 Å². The van der Waals surface area contributed by atoms with Crippen molar-refractivity contribution in [1.82, 2.24) is 4.90 Å². The van der Waals surface area contributed by atoms with E-state index in [0.29, 0.717) is 12.3 Å². The summed E-state index contributed by atoms with van der Waals surface area (Å²) in [6.45, 7) is 4.72. The average Bonchev–Trinajstić information content (AvgIpc) is 2.79. The Labute approximate surface area is 120 Å². The number of likely N-dealkylation sites (tertiary alicyclic amines) is 1. The lowest BCUT2D eigenvalue weighted by atomic mass is 9.97. The van der Waals surface area contributed by atoms with Gasteiger partial charge in [-0.2, -0.15) is 0 Å². The number of nitrogens with two attached hydrogens (primary N) is 1. The Bertz CT molecular complexity index is 458. The Hall–Kier alpha value is -1.42. The Balaban J connectivity index is 1.98. The minimum absolute atomic E-state index is 0.0600. The van der Waals surface area contributed by atoms with Crippen molar-refractivity contribution in [2.45, 2.75) is 51.1 Å². The minimum atomic E-state index is -0.218. The second kappa shape index (κ2) is 6.35. The van der Waals surface area contributed by atoms with Gasteiger partial charge >= 0.3 is 0 Å². The summed E-state index contributed by atoms with van der Waals surface area (Å²) in [5, 5.41) is 0. The van der Waals surface area contributed by atoms with Crippen LogP contribution in [0, 0.1) is 5.82 Å². The van der Waals surface area contributed by atoms with E-state index in [1.165, 1.54) is 12.1 Å². The summed E-state index contributed by atoms with van der Waals surface area (Å²) < 4.78 is 13.0. The number of carbonyl (C=O) groups excluding carboxylic acids is 1. The molecule has 0 aliphatic carbocycles. The highest BCUT2D eigenvalue weighted by Gasteiger charge is 2.32. The molecule has 1 aliphatic heterocycles. The van der Waals surface area contributed by atoms with Crippen molar-refractivity contribution in [2.75, 3.05) is 6.54 Å². The van der Waals surface area contributed by atoms with Crippen molar-refractivity contribution in [2.24, 2.45) is 5.73 Å². The summed E-state index contributed by atoms with van der Waals surface area (Å²) in [4.78, 5) is 14.1. The molecule has 0 bridgehead atoms. The SMILES string of the molecule is CC(N)CCC(=O)N1CC(c2ccc(F)cc2)CC1C. The topological polar surface area (TPSA) is 46.3 Å². The van der Waals surface area contributed by atoms with Crippen molar-refractivity contribution in [3.63, 3.8) is 0 Å². The number of carbonyl (C=O) groups is 1. The normalized spacial score (nSPS) is 23.9. The maximum atomic E-state index is 13.0. The molecule has 0 radical (unpaired) electrons. The number of benzene rings is 1. The van der Waals surface area contributed by atoms with Crippen LogP contribution in [0.25, 0.3) is 0 Å². The van der Waals surface area contributed by atoms with Crippen LogP contribution < -0.4 is 5.73 Å². The standard InChI is InChI=1S/C16H23FN2O/c1-11(18)3-8-16(20)19-10-14(9-12(19)2)13-4-6-15(17)7-5-13/h4-7,11-12,14H,3,8-10,18H2,1-2H3. The van der Waals surface area contributed by atoms with Gasteiger partial charge in [0.2, 0.25) is 5.91 Å². The lowest BCUT2D eigenvalue weighted by Crippen LogP contribution is -2.34. The molecule has 1 aromatic rings. The third-order valence-electron chi connectivity index (χ3n) is 4.05. The molecule has 0 aromatic heterocycles. The molecule has 20 heavy (non-hydrogen) atoms. The zero-order chi connectivity index (χ0) is 14.7. The number of nitrogens with zero attached hydrogens (tertiary/aromatic N) is 1. The average molecular weight is 278 g/mol. The Kier molecular flexibility index (Phi) is 4.76. The van der Waals surface area contributed by atoms with E-state index in [0.717, 1.165) is 24.9 Å². The molecule has 1 aliphatic rings. The fourth-order valence-corrected chi connectivity index (χ4v) is 2.85. The molecule has 3 nitrogen and oxygen atoms in total. The highest BCUT2D eigenvalue weighted by molar-refractivity contribution is 5.77. The summed E-state index contributed by atoms with van der Waals surface area (Å²) in [5.41, 5.74) is 6.81. The van der Waals surface area contributed by atoms with Crippen LogP contribution in [0.4, 0.5) is 4.39 Å². The summed E-state index contributed by atoms with van der Waals surface area (Å²) >= 11 is 0. The van der Waals surface area contributed by atoms with Gasteiger partial charge in [-0.15, -0.1) is 0 Å². The lowest BCUT2D eigenvalue weighted by Gasteiger charge is -2.22. The summed E-state index contributed by atoms with van der Waals surface area (Å²) in [6, 6.07) is 6.92. The summed E-state index contributed by atoms with van der Waals surface area (Å²) in [7, 11) is 0. The molecule has 2 rings (SSSR count). The van der Waals surface area contributed by atoms with Crippen LogP contribution in [0.3, 0.4) is 0 Å². The predicted octanol–water partition coefficient (Wildman–Crippen LogP) is 2.66. The summed E-state index contributed by atoms with van der Waals surface area (Å²) in [6.07, 6.45) is 2.18. The van der Waals surface area contributed by atoms with Crippen molar-refractivity contribution in [1.29, 1.82) is 0 Å². The number of rotatable bonds is 4. The fraction of sp³-hybridized carbons (Fsp3) is 0.562. The van der Waals surface area contributed by atoms with Gasteiger partial charge in [0.1, 0.15) is 5.82 Å². The first-order valence-electron chi connectivity index (χ1n) is 7.28. The third-order valence-corrected chi connectivity index (χ3v) is 4.05. The number of hydrogen-bond acceptors (Lipinski definition) is 2. The van der Waals surface area contributed by atoms with E-state index in [4.69, 9.17) is 5.73 Å². The molecule has 3 atom stereocenters. The zero-order valence-corrected chi connectivity index (χ0v) is 12.2. The van der Waals surface area contributed by atoms with Crippen LogP contribution in [-0.4, -0.2) is 29.4 Å². The smallest absolute Gasteiger partial charge is 0.222 e. The second-order valence-corrected chi connectivity index (χ2v) is 5.90. The van der Waals surface area contributed by atoms with Gasteiger partial charge in [-0.05, 0) is 44.4 Å². The van der Waals surface area contributed by atoms with Gasteiger partial charge in [0.15, 0.2) is 0 Å². The first-order valence-corrected chi connectivity index (χ1v) is 7.28. The second-order valence-electron chi connectivity index (χ2n) is 5.90. The Morgan fingerprint density at radius 2 is 2.10 bits per heavy atom. The molecule has 1 fully saturated rings. The fourth-order valence-electron chi connectivity index (χ4n) is 2.85. The molecule has 1 heterocycles. The van der Waals surface area contributed by atoms with Crippen LogP contribution >= 0.6 is 0 Å². The summed E-state index contributed by atoms with van der Waals surface area (Å²) in [5.74, 6) is 0.272. The van der Waals surface area contributed by atoms with Crippen LogP contribution in [0.2, 0.25) is 0 Å². The third kappa shape index (κ3) is 3.57. The van der Waals surface area contributed by atoms with Crippen molar-refractivity contribution >= 4 is 5.91 Å². The maximum absolute atomic E-state index is 13.0. The van der Waals surface area contributed by atoms with E-state index in [1.54, 1.807) is 0 Å². The van der Waals surface area contributed by atoms with E-state index in [-0.39, 0.29) is 23.8 Å². The lowest BCUT2D eigenvalue weighted by molar-refractivity contribution is -0.131. The van der Waals surface area contributed by atoms with Crippen molar-refractivity contribution < 1.29 is 9.18 Å². The van der Waals surface area contributed by atoms with Gasteiger partial charge in [0.25, 0.3) is 0 Å². The molecule has 1 saturated heterocycles. The van der Waals surface area contributed by atoms with Gasteiger partial charge in [0, 0.05) is 31.0 Å². The molecule has 110 valence electrons. The van der Waals surface area contributed by atoms with E-state index < -0.39 is 0 Å². The van der Waals surface area contributed by atoms with Gasteiger partial charge in [-0.3, -0.25) is 4.79 Å². The molecular weight excluding hydrogens is 255 g/mol. The highest BCUT2D eigenvalue weighted by atomic mass is 19.1. The number of amides is 1.